The van der Waals surface area contributed by atoms with Crippen molar-refractivity contribution in [2.75, 3.05) is 0 Å². The molecule has 6 rings (SSSR count). The molecule has 226 valence electrons. The molecular formula is C33H51FO6. The molecule has 0 spiro atoms. The number of ether oxygens (including phenoxy) is 4. The molecule has 2 aliphatic heterocycles. The molecule has 2 saturated heterocycles. The number of alkyl halides is 1. The van der Waals surface area contributed by atoms with Crippen LogP contribution >= 0.6 is 0 Å². The Bertz CT molecular complexity index is 1110. The summed E-state index contributed by atoms with van der Waals surface area (Å²) in [4.78, 5) is 13.8. The molecule has 7 heteroatoms. The number of hydrogen-bond acceptors (Lipinski definition) is 6. The fraction of sp³-hybridized carbons (Fsp3) is 0.909. The zero-order valence-electron chi connectivity index (χ0n) is 26.1. The lowest BCUT2D eigenvalue weighted by atomic mass is 9.45. The molecular weight excluding hydrogens is 511 g/mol. The standard InChI is InChI=1S/C33H51FO6/c1-27(2,34)13-12-26-32(9,40-29(5,6)39-26)25-11-15-33(36)20-16-22(35)21-17-23-24(38-28(3,4)37-23)18-30(21,7)19(20)10-14-31(25,33)8/h16,19,21,23-26,36H,10-15,17-18H2,1-9H3/t19-,21-,23+,24-,25-,26+,30+,31+,32+,33+/m0/s1. The summed E-state index contributed by atoms with van der Waals surface area (Å²) in [7, 11) is 0. The average molecular weight is 563 g/mol. The molecule has 0 aromatic carbocycles. The van der Waals surface area contributed by atoms with Crippen LogP contribution in [0.25, 0.3) is 0 Å². The molecule has 6 aliphatic rings. The third-order valence-electron chi connectivity index (χ3n) is 12.2. The van der Waals surface area contributed by atoms with Gasteiger partial charge in [0.25, 0.3) is 0 Å². The van der Waals surface area contributed by atoms with Gasteiger partial charge in [0.2, 0.25) is 0 Å². The number of aliphatic hydroxyl groups is 1. The van der Waals surface area contributed by atoms with Crippen molar-refractivity contribution in [3.63, 3.8) is 0 Å². The number of fused-ring (bicyclic) bond motifs is 6. The van der Waals surface area contributed by atoms with Gasteiger partial charge in [-0.15, -0.1) is 0 Å². The molecule has 5 fully saturated rings. The molecule has 0 aromatic rings. The first-order valence-electron chi connectivity index (χ1n) is 15.6. The molecule has 4 aliphatic carbocycles. The van der Waals surface area contributed by atoms with Crippen molar-refractivity contribution >= 4 is 5.78 Å². The number of ketones is 1. The fourth-order valence-corrected chi connectivity index (χ4v) is 10.4. The Hall–Kier alpha value is -0.860. The predicted octanol–water partition coefficient (Wildman–Crippen LogP) is 6.43. The molecule has 10 atom stereocenters. The first-order chi connectivity index (χ1) is 18.2. The first kappa shape index (κ1) is 29.2. The van der Waals surface area contributed by atoms with Crippen molar-refractivity contribution in [3.05, 3.63) is 11.6 Å². The summed E-state index contributed by atoms with van der Waals surface area (Å²) in [6, 6.07) is 0. The van der Waals surface area contributed by atoms with Gasteiger partial charge in [-0.25, -0.2) is 4.39 Å². The van der Waals surface area contributed by atoms with Gasteiger partial charge in [-0.05, 0) is 129 Å². The fourth-order valence-electron chi connectivity index (χ4n) is 10.4. The van der Waals surface area contributed by atoms with E-state index < -0.39 is 33.9 Å². The van der Waals surface area contributed by atoms with Crippen LogP contribution in [0.5, 0.6) is 0 Å². The molecule has 0 bridgehead atoms. The minimum Gasteiger partial charge on any atom is -0.385 e. The van der Waals surface area contributed by atoms with Crippen molar-refractivity contribution in [2.24, 2.45) is 28.6 Å². The van der Waals surface area contributed by atoms with Crippen LogP contribution in [0.15, 0.2) is 11.6 Å². The van der Waals surface area contributed by atoms with Gasteiger partial charge in [-0.3, -0.25) is 4.79 Å². The van der Waals surface area contributed by atoms with E-state index in [4.69, 9.17) is 18.9 Å². The Balaban J connectivity index is 1.33. The van der Waals surface area contributed by atoms with Crippen LogP contribution in [-0.2, 0) is 23.7 Å². The summed E-state index contributed by atoms with van der Waals surface area (Å²) in [5.74, 6) is -1.30. The van der Waals surface area contributed by atoms with Crippen LogP contribution in [0.2, 0.25) is 0 Å². The molecule has 0 aromatic heterocycles. The maximum absolute atomic E-state index is 14.6. The minimum atomic E-state index is -1.29. The summed E-state index contributed by atoms with van der Waals surface area (Å²) in [5, 5.41) is 12.7. The van der Waals surface area contributed by atoms with Crippen LogP contribution in [0.1, 0.15) is 114 Å². The highest BCUT2D eigenvalue weighted by molar-refractivity contribution is 5.95. The van der Waals surface area contributed by atoms with Crippen molar-refractivity contribution < 1.29 is 33.2 Å². The van der Waals surface area contributed by atoms with Gasteiger partial charge in [0, 0.05) is 11.3 Å². The van der Waals surface area contributed by atoms with E-state index in [1.54, 1.807) is 13.8 Å². The Labute approximate surface area is 239 Å². The van der Waals surface area contributed by atoms with Gasteiger partial charge in [-0.1, -0.05) is 13.8 Å². The van der Waals surface area contributed by atoms with Crippen molar-refractivity contribution in [1.82, 2.24) is 0 Å². The lowest BCUT2D eigenvalue weighted by Gasteiger charge is -2.60. The predicted molar refractivity (Wildman–Crippen MR) is 149 cm³/mol. The normalized spacial score (nSPS) is 51.1. The van der Waals surface area contributed by atoms with Crippen LogP contribution < -0.4 is 0 Å². The van der Waals surface area contributed by atoms with E-state index in [2.05, 4.69) is 20.8 Å². The number of rotatable bonds is 4. The van der Waals surface area contributed by atoms with Crippen LogP contribution in [0.3, 0.4) is 0 Å². The third kappa shape index (κ3) is 4.15. The second kappa shape index (κ2) is 8.62. The largest absolute Gasteiger partial charge is 0.385 e. The molecule has 2 heterocycles. The second-order valence-corrected chi connectivity index (χ2v) is 16.2. The molecule has 6 nitrogen and oxygen atoms in total. The topological polar surface area (TPSA) is 74.2 Å². The third-order valence-corrected chi connectivity index (χ3v) is 12.2. The number of allylic oxidation sites excluding steroid dienone is 1. The average Bonchev–Trinajstić information content (AvgIpc) is 3.34. The van der Waals surface area contributed by atoms with Gasteiger partial charge in [-0.2, -0.15) is 0 Å². The van der Waals surface area contributed by atoms with Gasteiger partial charge in [0.05, 0.1) is 29.5 Å². The molecule has 40 heavy (non-hydrogen) atoms. The van der Waals surface area contributed by atoms with E-state index in [9.17, 15) is 14.3 Å². The van der Waals surface area contributed by atoms with Gasteiger partial charge in [0.1, 0.15) is 5.67 Å². The van der Waals surface area contributed by atoms with E-state index in [1.165, 1.54) is 0 Å². The highest BCUT2D eigenvalue weighted by Gasteiger charge is 2.71. The number of hydrogen-bond donors (Lipinski definition) is 1. The van der Waals surface area contributed by atoms with E-state index >= 15 is 0 Å². The van der Waals surface area contributed by atoms with Crippen molar-refractivity contribution in [2.45, 2.75) is 160 Å². The smallest absolute Gasteiger partial charge is 0.164 e. The highest BCUT2D eigenvalue weighted by Crippen LogP contribution is 2.70. The second-order valence-electron chi connectivity index (χ2n) is 16.2. The highest BCUT2D eigenvalue weighted by atomic mass is 19.1. The Kier molecular flexibility index (Phi) is 6.29. The quantitative estimate of drug-likeness (QED) is 0.426. The summed E-state index contributed by atoms with van der Waals surface area (Å²) < 4.78 is 40.3. The molecule has 1 N–H and O–H groups in total. The van der Waals surface area contributed by atoms with Gasteiger partial charge >= 0.3 is 0 Å². The number of halogens is 1. The van der Waals surface area contributed by atoms with E-state index in [1.807, 2.05) is 33.8 Å². The molecule has 0 radical (unpaired) electrons. The molecule has 0 unspecified atom stereocenters. The maximum atomic E-state index is 14.6. The lowest BCUT2D eigenvalue weighted by molar-refractivity contribution is -0.190. The molecule has 3 saturated carbocycles. The lowest BCUT2D eigenvalue weighted by Crippen LogP contribution is -2.62. The van der Waals surface area contributed by atoms with Crippen LogP contribution in [0, 0.1) is 28.6 Å². The summed E-state index contributed by atoms with van der Waals surface area (Å²) in [6.07, 6.45) is 6.92. The van der Waals surface area contributed by atoms with Crippen LogP contribution in [0.4, 0.5) is 4.39 Å². The summed E-state index contributed by atoms with van der Waals surface area (Å²) in [5.41, 5.74) is -2.92. The summed E-state index contributed by atoms with van der Waals surface area (Å²) in [6.45, 7) is 17.6. The SMILES string of the molecule is CC(C)(F)CC[C@H]1OC(C)(C)O[C@]1(C)[C@H]1CC[C@@]2(O)C3=CC(=O)[C@@H]4C[C@H]5OC(C)(C)O[C@H]5C[C@]4(C)[C@H]3CC[C@]12C. The number of carbonyl (C=O) groups excluding carboxylic acids is 1. The van der Waals surface area contributed by atoms with Gasteiger partial charge < -0.3 is 24.1 Å². The zero-order chi connectivity index (χ0) is 29.3. The van der Waals surface area contributed by atoms with Crippen molar-refractivity contribution in [1.29, 1.82) is 0 Å². The zero-order valence-corrected chi connectivity index (χ0v) is 26.1. The number of carbonyl (C=O) groups is 1. The maximum Gasteiger partial charge on any atom is 0.164 e. The Morgan fingerprint density at radius 1 is 0.950 bits per heavy atom. The van der Waals surface area contributed by atoms with E-state index in [0.717, 1.165) is 31.3 Å². The molecule has 0 amide bonds. The van der Waals surface area contributed by atoms with E-state index in [-0.39, 0.29) is 47.3 Å². The monoisotopic (exact) mass is 562 g/mol. The van der Waals surface area contributed by atoms with Gasteiger partial charge in [0.15, 0.2) is 17.4 Å². The Morgan fingerprint density at radius 2 is 1.62 bits per heavy atom. The Morgan fingerprint density at radius 3 is 2.30 bits per heavy atom. The summed E-state index contributed by atoms with van der Waals surface area (Å²) >= 11 is 0. The van der Waals surface area contributed by atoms with Crippen molar-refractivity contribution in [3.8, 4) is 0 Å². The van der Waals surface area contributed by atoms with E-state index in [0.29, 0.717) is 25.7 Å². The van der Waals surface area contributed by atoms with Crippen LogP contribution in [-0.4, -0.2) is 57.6 Å². The first-order valence-corrected chi connectivity index (χ1v) is 15.6. The minimum absolute atomic E-state index is 0.00470.